The number of amides is 1. The summed E-state index contributed by atoms with van der Waals surface area (Å²) in [5, 5.41) is 12.8. The van der Waals surface area contributed by atoms with Gasteiger partial charge in [-0.15, -0.1) is 0 Å². The Morgan fingerprint density at radius 2 is 1.62 bits per heavy atom. The van der Waals surface area contributed by atoms with E-state index in [0.717, 1.165) is 5.56 Å². The van der Waals surface area contributed by atoms with Gasteiger partial charge in [-0.2, -0.15) is 0 Å². The Morgan fingerprint density at radius 1 is 1.04 bits per heavy atom. The summed E-state index contributed by atoms with van der Waals surface area (Å²) in [5.74, 6) is -1.18. The quantitative estimate of drug-likeness (QED) is 0.797. The molecule has 2 aromatic rings. The third-order valence-corrected chi connectivity index (χ3v) is 3.40. The van der Waals surface area contributed by atoms with Crippen LogP contribution in [-0.2, 0) is 9.53 Å². The number of methoxy groups -OCH3 is 1. The Bertz CT molecular complexity index is 698. The zero-order valence-electron chi connectivity index (χ0n) is 13.3. The fraction of sp³-hybridized carbons (Fsp3) is 0.158. The molecule has 0 fully saturated rings. The van der Waals surface area contributed by atoms with E-state index in [4.69, 9.17) is 0 Å². The minimum atomic E-state index is -1.22. The normalized spacial score (nSPS) is 13.2. The maximum atomic E-state index is 12.2. The van der Waals surface area contributed by atoms with Crippen molar-refractivity contribution in [1.29, 1.82) is 0 Å². The van der Waals surface area contributed by atoms with Gasteiger partial charge in [0.05, 0.1) is 7.11 Å². The second-order valence-corrected chi connectivity index (χ2v) is 5.10. The van der Waals surface area contributed by atoms with Gasteiger partial charge in [0, 0.05) is 5.56 Å². The molecule has 24 heavy (non-hydrogen) atoms. The molecule has 124 valence electrons. The molecule has 1 amide bonds. The Morgan fingerprint density at radius 3 is 2.21 bits per heavy atom. The number of rotatable bonds is 6. The minimum absolute atomic E-state index is 0.394. The van der Waals surface area contributed by atoms with Crippen LogP contribution in [0.2, 0.25) is 0 Å². The topological polar surface area (TPSA) is 75.6 Å². The summed E-state index contributed by atoms with van der Waals surface area (Å²) in [5.41, 5.74) is 1.26. The van der Waals surface area contributed by atoms with Gasteiger partial charge < -0.3 is 15.2 Å². The molecule has 2 aromatic carbocycles. The Balaban J connectivity index is 2.11. The predicted molar refractivity (Wildman–Crippen MR) is 91.2 cm³/mol. The number of hydrogen-bond donors (Lipinski definition) is 2. The number of hydrogen-bond acceptors (Lipinski definition) is 4. The van der Waals surface area contributed by atoms with Crippen molar-refractivity contribution in [2.45, 2.75) is 12.1 Å². The molecule has 0 heterocycles. The molecule has 0 aliphatic rings. The molecular formula is C19H19NO4. The molecule has 2 atom stereocenters. The van der Waals surface area contributed by atoms with Crippen molar-refractivity contribution >= 4 is 18.0 Å². The van der Waals surface area contributed by atoms with Crippen LogP contribution in [0.25, 0.3) is 6.08 Å². The molecule has 2 N–H and O–H groups in total. The smallest absolute Gasteiger partial charge is 0.331 e. The van der Waals surface area contributed by atoms with Crippen molar-refractivity contribution in [2.24, 2.45) is 0 Å². The van der Waals surface area contributed by atoms with Gasteiger partial charge in [-0.25, -0.2) is 4.79 Å². The van der Waals surface area contributed by atoms with Gasteiger partial charge in [-0.1, -0.05) is 60.7 Å². The predicted octanol–water partition coefficient (Wildman–Crippen LogP) is 2.03. The SMILES string of the molecule is COC(=O)C(NC(=O)c1ccccc1)C(O)C=Cc1ccccc1. The number of ether oxygens (including phenoxy) is 1. The second kappa shape index (κ2) is 8.64. The van der Waals surface area contributed by atoms with E-state index in [1.165, 1.54) is 13.2 Å². The molecule has 0 radical (unpaired) electrons. The second-order valence-electron chi connectivity index (χ2n) is 5.10. The molecule has 2 rings (SSSR count). The van der Waals surface area contributed by atoms with Crippen LogP contribution in [0, 0.1) is 0 Å². The number of aliphatic hydroxyl groups excluding tert-OH is 1. The molecular weight excluding hydrogens is 306 g/mol. The Labute approximate surface area is 140 Å². The fourth-order valence-electron chi connectivity index (χ4n) is 2.11. The molecule has 0 bridgehead atoms. The third kappa shape index (κ3) is 4.79. The molecule has 0 spiro atoms. The highest BCUT2D eigenvalue weighted by Gasteiger charge is 2.28. The van der Waals surface area contributed by atoms with Crippen molar-refractivity contribution in [3.8, 4) is 0 Å². The number of nitrogens with one attached hydrogen (secondary N) is 1. The molecule has 0 saturated carbocycles. The van der Waals surface area contributed by atoms with Crippen LogP contribution in [0.3, 0.4) is 0 Å². The molecule has 2 unspecified atom stereocenters. The van der Waals surface area contributed by atoms with Crippen molar-refractivity contribution < 1.29 is 19.4 Å². The lowest BCUT2D eigenvalue weighted by Gasteiger charge is -2.19. The van der Waals surface area contributed by atoms with E-state index in [2.05, 4.69) is 10.1 Å². The fourth-order valence-corrected chi connectivity index (χ4v) is 2.11. The molecule has 5 heteroatoms. The highest BCUT2D eigenvalue weighted by atomic mass is 16.5. The van der Waals surface area contributed by atoms with E-state index in [1.807, 2.05) is 30.3 Å². The van der Waals surface area contributed by atoms with E-state index < -0.39 is 24.0 Å². The third-order valence-electron chi connectivity index (χ3n) is 3.40. The molecule has 0 saturated heterocycles. The number of esters is 1. The summed E-state index contributed by atoms with van der Waals surface area (Å²) < 4.78 is 4.67. The zero-order valence-corrected chi connectivity index (χ0v) is 13.3. The minimum Gasteiger partial charge on any atom is -0.467 e. The van der Waals surface area contributed by atoms with Crippen LogP contribution in [0.4, 0.5) is 0 Å². The van der Waals surface area contributed by atoms with E-state index in [0.29, 0.717) is 5.56 Å². The van der Waals surface area contributed by atoms with Crippen LogP contribution in [0.5, 0.6) is 0 Å². The standard InChI is InChI=1S/C19H19NO4/c1-24-19(23)17(20-18(22)15-10-6-3-7-11-15)16(21)13-12-14-8-4-2-5-9-14/h2-13,16-17,21H,1H3,(H,20,22). The monoisotopic (exact) mass is 325 g/mol. The van der Waals surface area contributed by atoms with Gasteiger partial charge in [-0.05, 0) is 17.7 Å². The average molecular weight is 325 g/mol. The summed E-state index contributed by atoms with van der Waals surface area (Å²) in [6.07, 6.45) is 1.91. The van der Waals surface area contributed by atoms with Gasteiger partial charge in [0.1, 0.15) is 6.10 Å². The number of carbonyl (C=O) groups is 2. The van der Waals surface area contributed by atoms with Gasteiger partial charge in [0.2, 0.25) is 0 Å². The first-order valence-electron chi connectivity index (χ1n) is 7.47. The van der Waals surface area contributed by atoms with Crippen LogP contribution < -0.4 is 5.32 Å². The lowest BCUT2D eigenvalue weighted by atomic mass is 10.1. The highest BCUT2D eigenvalue weighted by Crippen LogP contribution is 2.07. The van der Waals surface area contributed by atoms with Crippen molar-refractivity contribution in [3.05, 3.63) is 77.9 Å². The average Bonchev–Trinajstić information content (AvgIpc) is 2.65. The molecule has 5 nitrogen and oxygen atoms in total. The maximum Gasteiger partial charge on any atom is 0.331 e. The van der Waals surface area contributed by atoms with Gasteiger partial charge in [-0.3, -0.25) is 4.79 Å². The zero-order chi connectivity index (χ0) is 17.4. The first kappa shape index (κ1) is 17.4. The number of carbonyl (C=O) groups excluding carboxylic acids is 2. The highest BCUT2D eigenvalue weighted by molar-refractivity contribution is 5.97. The van der Waals surface area contributed by atoms with Gasteiger partial charge >= 0.3 is 5.97 Å². The molecule has 0 aliphatic heterocycles. The summed E-state index contributed by atoms with van der Waals surface area (Å²) in [6.45, 7) is 0. The van der Waals surface area contributed by atoms with E-state index in [9.17, 15) is 14.7 Å². The van der Waals surface area contributed by atoms with E-state index in [1.54, 1.807) is 36.4 Å². The Hall–Kier alpha value is -2.92. The first-order chi connectivity index (χ1) is 11.6. The summed E-state index contributed by atoms with van der Waals surface area (Å²) in [4.78, 5) is 24.1. The van der Waals surface area contributed by atoms with Gasteiger partial charge in [0.15, 0.2) is 6.04 Å². The number of benzene rings is 2. The van der Waals surface area contributed by atoms with Gasteiger partial charge in [0.25, 0.3) is 5.91 Å². The maximum absolute atomic E-state index is 12.2. The lowest BCUT2D eigenvalue weighted by Crippen LogP contribution is -2.48. The first-order valence-corrected chi connectivity index (χ1v) is 7.47. The number of aliphatic hydroxyl groups is 1. The van der Waals surface area contributed by atoms with Crippen molar-refractivity contribution in [3.63, 3.8) is 0 Å². The van der Waals surface area contributed by atoms with Crippen LogP contribution >= 0.6 is 0 Å². The van der Waals surface area contributed by atoms with Crippen LogP contribution in [0.1, 0.15) is 15.9 Å². The van der Waals surface area contributed by atoms with Crippen LogP contribution in [-0.4, -0.2) is 36.2 Å². The summed E-state index contributed by atoms with van der Waals surface area (Å²) >= 11 is 0. The summed E-state index contributed by atoms with van der Waals surface area (Å²) in [7, 11) is 1.21. The Kier molecular flexibility index (Phi) is 6.28. The molecule has 0 aromatic heterocycles. The lowest BCUT2D eigenvalue weighted by molar-refractivity contribution is -0.145. The largest absolute Gasteiger partial charge is 0.467 e. The van der Waals surface area contributed by atoms with Crippen molar-refractivity contribution in [2.75, 3.05) is 7.11 Å². The van der Waals surface area contributed by atoms with Crippen molar-refractivity contribution in [1.82, 2.24) is 5.32 Å². The van der Waals surface area contributed by atoms with E-state index in [-0.39, 0.29) is 0 Å². The molecule has 0 aliphatic carbocycles. The summed E-state index contributed by atoms with van der Waals surface area (Å²) in [6, 6.07) is 16.6. The van der Waals surface area contributed by atoms with Crippen LogP contribution in [0.15, 0.2) is 66.7 Å². The van der Waals surface area contributed by atoms with E-state index >= 15 is 0 Å².